The van der Waals surface area contributed by atoms with Crippen molar-refractivity contribution >= 4 is 16.7 Å². The number of fused-ring (bicyclic) bond motifs is 1. The molecule has 0 spiro atoms. The summed E-state index contributed by atoms with van der Waals surface area (Å²) in [6, 6.07) is 14.7. The first-order valence-electron chi connectivity index (χ1n) is 7.10. The first-order chi connectivity index (χ1) is 9.65. The summed E-state index contributed by atoms with van der Waals surface area (Å²) in [5, 5.41) is 8.55. The zero-order chi connectivity index (χ0) is 14.4. The normalized spacial score (nSPS) is 10.9. The summed E-state index contributed by atoms with van der Waals surface area (Å²) >= 11 is 0. The SMILES string of the molecule is CC(C)CNC(=O)CNCc1ccc2ccccc2c1. The van der Waals surface area contributed by atoms with Gasteiger partial charge in [-0.1, -0.05) is 50.2 Å². The first-order valence-corrected chi connectivity index (χ1v) is 7.10. The Morgan fingerprint density at radius 3 is 2.60 bits per heavy atom. The van der Waals surface area contributed by atoms with Crippen LogP contribution in [-0.4, -0.2) is 19.0 Å². The highest BCUT2D eigenvalue weighted by Crippen LogP contribution is 2.15. The Bertz CT molecular complexity index is 578. The van der Waals surface area contributed by atoms with E-state index < -0.39 is 0 Å². The minimum Gasteiger partial charge on any atom is -0.355 e. The zero-order valence-corrected chi connectivity index (χ0v) is 12.1. The second-order valence-corrected chi connectivity index (χ2v) is 5.48. The summed E-state index contributed by atoms with van der Waals surface area (Å²) in [5.41, 5.74) is 1.19. The molecule has 1 amide bonds. The van der Waals surface area contributed by atoms with Crippen molar-refractivity contribution < 1.29 is 4.79 Å². The fourth-order valence-electron chi connectivity index (χ4n) is 2.05. The Kier molecular flexibility index (Phi) is 5.13. The van der Waals surface area contributed by atoms with Gasteiger partial charge in [-0.3, -0.25) is 4.79 Å². The Labute approximate surface area is 120 Å². The Balaban J connectivity index is 1.82. The van der Waals surface area contributed by atoms with Crippen molar-refractivity contribution in [2.24, 2.45) is 5.92 Å². The van der Waals surface area contributed by atoms with Crippen LogP contribution in [0.15, 0.2) is 42.5 Å². The van der Waals surface area contributed by atoms with Crippen LogP contribution in [0.25, 0.3) is 10.8 Å². The van der Waals surface area contributed by atoms with Crippen LogP contribution in [0.4, 0.5) is 0 Å². The first kappa shape index (κ1) is 14.5. The fraction of sp³-hybridized carbons (Fsp3) is 0.353. The third-order valence-corrected chi connectivity index (χ3v) is 3.14. The minimum absolute atomic E-state index is 0.0551. The van der Waals surface area contributed by atoms with Gasteiger partial charge in [0.2, 0.25) is 5.91 Å². The van der Waals surface area contributed by atoms with E-state index in [4.69, 9.17) is 0 Å². The van der Waals surface area contributed by atoms with Crippen molar-refractivity contribution in [1.82, 2.24) is 10.6 Å². The predicted molar refractivity (Wildman–Crippen MR) is 83.5 cm³/mol. The Hall–Kier alpha value is -1.87. The van der Waals surface area contributed by atoms with E-state index in [1.807, 2.05) is 12.1 Å². The van der Waals surface area contributed by atoms with Crippen LogP contribution in [0.5, 0.6) is 0 Å². The minimum atomic E-state index is 0.0551. The van der Waals surface area contributed by atoms with Gasteiger partial charge in [-0.25, -0.2) is 0 Å². The zero-order valence-electron chi connectivity index (χ0n) is 12.1. The van der Waals surface area contributed by atoms with E-state index in [-0.39, 0.29) is 5.91 Å². The van der Waals surface area contributed by atoms with Crippen LogP contribution in [0.3, 0.4) is 0 Å². The molecule has 0 saturated heterocycles. The van der Waals surface area contributed by atoms with Crippen molar-refractivity contribution in [2.45, 2.75) is 20.4 Å². The number of benzene rings is 2. The molecule has 0 aromatic heterocycles. The van der Waals surface area contributed by atoms with E-state index in [0.717, 1.165) is 6.54 Å². The lowest BCUT2D eigenvalue weighted by Gasteiger charge is -2.09. The average molecular weight is 270 g/mol. The molecule has 3 nitrogen and oxygen atoms in total. The Morgan fingerprint density at radius 2 is 1.85 bits per heavy atom. The van der Waals surface area contributed by atoms with Crippen molar-refractivity contribution in [3.05, 3.63) is 48.0 Å². The second kappa shape index (κ2) is 7.06. The number of hydrogen-bond acceptors (Lipinski definition) is 2. The summed E-state index contributed by atoms with van der Waals surface area (Å²) in [5.74, 6) is 0.541. The maximum Gasteiger partial charge on any atom is 0.233 e. The van der Waals surface area contributed by atoms with Gasteiger partial charge in [0.1, 0.15) is 0 Å². The van der Waals surface area contributed by atoms with Gasteiger partial charge in [0, 0.05) is 13.1 Å². The van der Waals surface area contributed by atoms with Gasteiger partial charge in [-0.15, -0.1) is 0 Å². The van der Waals surface area contributed by atoms with E-state index in [2.05, 4.69) is 54.8 Å². The number of nitrogens with one attached hydrogen (secondary N) is 2. The third kappa shape index (κ3) is 4.35. The number of amides is 1. The summed E-state index contributed by atoms with van der Waals surface area (Å²) in [7, 11) is 0. The van der Waals surface area contributed by atoms with E-state index in [0.29, 0.717) is 19.0 Å². The van der Waals surface area contributed by atoms with Crippen LogP contribution >= 0.6 is 0 Å². The molecule has 2 N–H and O–H groups in total. The lowest BCUT2D eigenvalue weighted by molar-refractivity contribution is -0.120. The van der Waals surface area contributed by atoms with Gasteiger partial charge in [-0.2, -0.15) is 0 Å². The van der Waals surface area contributed by atoms with Gasteiger partial charge in [0.25, 0.3) is 0 Å². The molecule has 0 fully saturated rings. The topological polar surface area (TPSA) is 41.1 Å². The molecule has 2 rings (SSSR count). The quantitative estimate of drug-likeness (QED) is 0.847. The standard InChI is InChI=1S/C17H22N2O/c1-13(2)10-19-17(20)12-18-11-14-7-8-15-5-3-4-6-16(15)9-14/h3-9,13,18H,10-12H2,1-2H3,(H,19,20). The number of carbonyl (C=O) groups excluding carboxylic acids is 1. The van der Waals surface area contributed by atoms with E-state index in [1.54, 1.807) is 0 Å². The molecule has 2 aromatic carbocycles. The molecule has 0 atom stereocenters. The van der Waals surface area contributed by atoms with Crippen molar-refractivity contribution in [3.8, 4) is 0 Å². The lowest BCUT2D eigenvalue weighted by Crippen LogP contribution is -2.35. The molecule has 106 valence electrons. The van der Waals surface area contributed by atoms with E-state index >= 15 is 0 Å². The van der Waals surface area contributed by atoms with E-state index in [9.17, 15) is 4.79 Å². The van der Waals surface area contributed by atoms with Gasteiger partial charge < -0.3 is 10.6 Å². The Morgan fingerprint density at radius 1 is 1.10 bits per heavy atom. The van der Waals surface area contributed by atoms with Crippen LogP contribution in [0, 0.1) is 5.92 Å². The molecular weight excluding hydrogens is 248 g/mol. The van der Waals surface area contributed by atoms with Gasteiger partial charge in [0.15, 0.2) is 0 Å². The molecular formula is C17H22N2O. The third-order valence-electron chi connectivity index (χ3n) is 3.14. The highest BCUT2D eigenvalue weighted by molar-refractivity contribution is 5.83. The number of carbonyl (C=O) groups is 1. The smallest absolute Gasteiger partial charge is 0.233 e. The van der Waals surface area contributed by atoms with Crippen molar-refractivity contribution in [2.75, 3.05) is 13.1 Å². The van der Waals surface area contributed by atoms with Crippen LogP contribution < -0.4 is 10.6 Å². The molecule has 0 bridgehead atoms. The summed E-state index contributed by atoms with van der Waals surface area (Å²) in [4.78, 5) is 11.6. The molecule has 0 radical (unpaired) electrons. The maximum atomic E-state index is 11.6. The summed E-state index contributed by atoms with van der Waals surface area (Å²) in [6.45, 7) is 5.97. The summed E-state index contributed by atoms with van der Waals surface area (Å²) in [6.07, 6.45) is 0. The average Bonchev–Trinajstić information content (AvgIpc) is 2.45. The van der Waals surface area contributed by atoms with Crippen LogP contribution in [-0.2, 0) is 11.3 Å². The van der Waals surface area contributed by atoms with Gasteiger partial charge in [-0.05, 0) is 28.3 Å². The molecule has 2 aromatic rings. The highest BCUT2D eigenvalue weighted by atomic mass is 16.1. The molecule has 0 unspecified atom stereocenters. The highest BCUT2D eigenvalue weighted by Gasteiger charge is 2.02. The molecule has 3 heteroatoms. The van der Waals surface area contributed by atoms with Crippen molar-refractivity contribution in [3.63, 3.8) is 0 Å². The number of rotatable bonds is 6. The van der Waals surface area contributed by atoms with Gasteiger partial charge >= 0.3 is 0 Å². The molecule has 20 heavy (non-hydrogen) atoms. The maximum absolute atomic E-state index is 11.6. The molecule has 0 heterocycles. The lowest BCUT2D eigenvalue weighted by atomic mass is 10.1. The van der Waals surface area contributed by atoms with Gasteiger partial charge in [0.05, 0.1) is 6.54 Å². The fourth-order valence-corrected chi connectivity index (χ4v) is 2.05. The van der Waals surface area contributed by atoms with Crippen LogP contribution in [0.1, 0.15) is 19.4 Å². The number of hydrogen-bond donors (Lipinski definition) is 2. The van der Waals surface area contributed by atoms with Crippen molar-refractivity contribution in [1.29, 1.82) is 0 Å². The molecule has 0 aliphatic heterocycles. The van der Waals surface area contributed by atoms with Crippen LogP contribution in [0.2, 0.25) is 0 Å². The molecule has 0 aliphatic carbocycles. The molecule has 0 aliphatic rings. The predicted octanol–water partition coefficient (Wildman–Crippen LogP) is 2.70. The molecule has 0 saturated carbocycles. The summed E-state index contributed by atoms with van der Waals surface area (Å²) < 4.78 is 0. The largest absolute Gasteiger partial charge is 0.355 e. The monoisotopic (exact) mass is 270 g/mol. The second-order valence-electron chi connectivity index (χ2n) is 5.48. The van der Waals surface area contributed by atoms with E-state index in [1.165, 1.54) is 16.3 Å².